The van der Waals surface area contributed by atoms with Crippen LogP contribution in [0.2, 0.25) is 0 Å². The van der Waals surface area contributed by atoms with Crippen molar-refractivity contribution < 1.29 is 0 Å². The second-order valence-electron chi connectivity index (χ2n) is 5.64. The highest BCUT2D eigenvalue weighted by atomic mass is 32.1. The summed E-state index contributed by atoms with van der Waals surface area (Å²) in [6.45, 7) is 5.79. The molecule has 0 radical (unpaired) electrons. The van der Waals surface area contributed by atoms with E-state index in [0.29, 0.717) is 0 Å². The van der Waals surface area contributed by atoms with E-state index in [9.17, 15) is 0 Å². The minimum atomic E-state index is 0.946. The summed E-state index contributed by atoms with van der Waals surface area (Å²) in [5.41, 5.74) is 2.46. The Labute approximate surface area is 125 Å². The van der Waals surface area contributed by atoms with E-state index in [1.165, 1.54) is 43.6 Å². The van der Waals surface area contributed by atoms with Gasteiger partial charge in [-0.05, 0) is 31.8 Å². The number of hydrogen-bond acceptors (Lipinski definition) is 3. The summed E-state index contributed by atoms with van der Waals surface area (Å²) in [5.74, 6) is 0.946. The molecule has 0 bridgehead atoms. The molecule has 0 spiro atoms. The number of nitrogens with zero attached hydrogens (tertiary/aromatic N) is 2. The number of aromatic nitrogens is 1. The van der Waals surface area contributed by atoms with Crippen molar-refractivity contribution in [1.82, 2.24) is 9.88 Å². The summed E-state index contributed by atoms with van der Waals surface area (Å²) in [6.07, 6.45) is 4.04. The number of rotatable bonds is 4. The van der Waals surface area contributed by atoms with Crippen LogP contribution < -0.4 is 0 Å². The van der Waals surface area contributed by atoms with E-state index in [4.69, 9.17) is 4.98 Å². The third-order valence-corrected chi connectivity index (χ3v) is 5.18. The van der Waals surface area contributed by atoms with Crippen LogP contribution in [0.25, 0.3) is 10.6 Å². The van der Waals surface area contributed by atoms with Gasteiger partial charge in [0.05, 0.1) is 5.69 Å². The average molecular weight is 286 g/mol. The average Bonchev–Trinajstić information content (AvgIpc) is 2.97. The molecule has 2 heterocycles. The van der Waals surface area contributed by atoms with E-state index >= 15 is 0 Å². The van der Waals surface area contributed by atoms with E-state index < -0.39 is 0 Å². The summed E-state index contributed by atoms with van der Waals surface area (Å²) in [4.78, 5) is 7.34. The van der Waals surface area contributed by atoms with Gasteiger partial charge in [0.25, 0.3) is 0 Å². The van der Waals surface area contributed by atoms with Crippen LogP contribution in [0.3, 0.4) is 0 Å². The van der Waals surface area contributed by atoms with Gasteiger partial charge in [-0.25, -0.2) is 4.98 Å². The highest BCUT2D eigenvalue weighted by molar-refractivity contribution is 7.13. The van der Waals surface area contributed by atoms with Crippen LogP contribution in [0.5, 0.6) is 0 Å². The summed E-state index contributed by atoms with van der Waals surface area (Å²) in [6, 6.07) is 10.5. The largest absolute Gasteiger partial charge is 0.297 e. The molecule has 0 aliphatic carbocycles. The molecule has 0 amide bonds. The maximum atomic E-state index is 4.79. The molecule has 1 saturated heterocycles. The van der Waals surface area contributed by atoms with Crippen molar-refractivity contribution in [2.75, 3.05) is 13.1 Å². The van der Waals surface area contributed by atoms with Crippen LogP contribution in [-0.4, -0.2) is 23.0 Å². The third-order valence-electron chi connectivity index (χ3n) is 4.24. The molecule has 106 valence electrons. The lowest BCUT2D eigenvalue weighted by Crippen LogP contribution is -2.33. The van der Waals surface area contributed by atoms with E-state index in [1.807, 2.05) is 0 Å². The molecule has 20 heavy (non-hydrogen) atoms. The van der Waals surface area contributed by atoms with Crippen LogP contribution in [0, 0.1) is 5.92 Å². The van der Waals surface area contributed by atoms with Crippen molar-refractivity contribution in [2.24, 2.45) is 5.92 Å². The Kier molecular flexibility index (Phi) is 4.48. The smallest absolute Gasteiger partial charge is 0.123 e. The molecule has 2 nitrogen and oxygen atoms in total. The molecule has 0 unspecified atom stereocenters. The third kappa shape index (κ3) is 3.28. The van der Waals surface area contributed by atoms with Gasteiger partial charge < -0.3 is 0 Å². The monoisotopic (exact) mass is 286 g/mol. The lowest BCUT2D eigenvalue weighted by atomic mass is 9.94. The zero-order chi connectivity index (χ0) is 13.8. The minimum absolute atomic E-state index is 0.946. The highest BCUT2D eigenvalue weighted by Gasteiger charge is 2.18. The molecule has 0 atom stereocenters. The molecular formula is C17H22N2S. The van der Waals surface area contributed by atoms with Gasteiger partial charge in [0.15, 0.2) is 0 Å². The van der Waals surface area contributed by atoms with Gasteiger partial charge in [0.1, 0.15) is 5.01 Å². The first-order valence-electron chi connectivity index (χ1n) is 7.57. The first-order valence-corrected chi connectivity index (χ1v) is 8.45. The van der Waals surface area contributed by atoms with Crippen molar-refractivity contribution in [3.05, 3.63) is 41.4 Å². The van der Waals surface area contributed by atoms with Gasteiger partial charge in [-0.1, -0.05) is 43.7 Å². The number of thiazole rings is 1. The van der Waals surface area contributed by atoms with Crippen molar-refractivity contribution in [3.8, 4) is 10.6 Å². The lowest BCUT2D eigenvalue weighted by Gasteiger charge is -2.30. The molecule has 1 aromatic carbocycles. The highest BCUT2D eigenvalue weighted by Crippen LogP contribution is 2.25. The standard InChI is InChI=1S/C17H22N2S/c1-2-14-8-10-19(11-9-14)12-16-13-20-17(18-16)15-6-4-3-5-7-15/h3-7,13-14H,2,8-12H2,1H3. The maximum absolute atomic E-state index is 4.79. The van der Waals surface area contributed by atoms with Gasteiger partial charge in [-0.2, -0.15) is 0 Å². The molecule has 3 rings (SSSR count). The second kappa shape index (κ2) is 6.51. The van der Waals surface area contributed by atoms with E-state index in [1.54, 1.807) is 11.3 Å². The lowest BCUT2D eigenvalue weighted by molar-refractivity contribution is 0.173. The Bertz CT molecular complexity index is 527. The fourth-order valence-electron chi connectivity index (χ4n) is 2.87. The van der Waals surface area contributed by atoms with Gasteiger partial charge >= 0.3 is 0 Å². The first-order chi connectivity index (χ1) is 9.85. The SMILES string of the molecule is CCC1CCN(Cc2csc(-c3ccccc3)n2)CC1. The van der Waals surface area contributed by atoms with Gasteiger partial charge in [-0.15, -0.1) is 11.3 Å². The Morgan fingerprint density at radius 2 is 1.95 bits per heavy atom. The van der Waals surface area contributed by atoms with Gasteiger partial charge in [-0.3, -0.25) is 4.90 Å². The molecule has 2 aromatic rings. The zero-order valence-electron chi connectivity index (χ0n) is 12.1. The topological polar surface area (TPSA) is 16.1 Å². The number of benzene rings is 1. The van der Waals surface area contributed by atoms with E-state index in [0.717, 1.165) is 17.5 Å². The maximum Gasteiger partial charge on any atom is 0.123 e. The Morgan fingerprint density at radius 3 is 2.65 bits per heavy atom. The van der Waals surface area contributed by atoms with E-state index in [2.05, 4.69) is 47.5 Å². The van der Waals surface area contributed by atoms with Crippen LogP contribution >= 0.6 is 11.3 Å². The molecule has 3 heteroatoms. The van der Waals surface area contributed by atoms with Crippen molar-refractivity contribution in [3.63, 3.8) is 0 Å². The van der Waals surface area contributed by atoms with Crippen LogP contribution in [-0.2, 0) is 6.54 Å². The summed E-state index contributed by atoms with van der Waals surface area (Å²) >= 11 is 1.76. The number of piperidine rings is 1. The molecule has 0 saturated carbocycles. The first kappa shape index (κ1) is 13.8. The van der Waals surface area contributed by atoms with Crippen molar-refractivity contribution >= 4 is 11.3 Å². The summed E-state index contributed by atoms with van der Waals surface area (Å²) < 4.78 is 0. The number of likely N-dealkylation sites (tertiary alicyclic amines) is 1. The normalized spacial score (nSPS) is 17.4. The predicted molar refractivity (Wildman–Crippen MR) is 85.8 cm³/mol. The summed E-state index contributed by atoms with van der Waals surface area (Å²) in [5, 5.41) is 3.36. The fourth-order valence-corrected chi connectivity index (χ4v) is 3.69. The van der Waals surface area contributed by atoms with Crippen LogP contribution in [0.4, 0.5) is 0 Å². The second-order valence-corrected chi connectivity index (χ2v) is 6.50. The Morgan fingerprint density at radius 1 is 1.20 bits per heavy atom. The van der Waals surface area contributed by atoms with Gasteiger partial charge in [0.2, 0.25) is 0 Å². The van der Waals surface area contributed by atoms with Crippen molar-refractivity contribution in [1.29, 1.82) is 0 Å². The molecule has 1 aliphatic rings. The number of hydrogen-bond donors (Lipinski definition) is 0. The minimum Gasteiger partial charge on any atom is -0.297 e. The Hall–Kier alpha value is -1.19. The molecule has 1 aromatic heterocycles. The molecule has 1 fully saturated rings. The zero-order valence-corrected chi connectivity index (χ0v) is 12.9. The van der Waals surface area contributed by atoms with Crippen LogP contribution in [0.15, 0.2) is 35.7 Å². The molecule has 0 N–H and O–H groups in total. The summed E-state index contributed by atoms with van der Waals surface area (Å²) in [7, 11) is 0. The Balaban J connectivity index is 1.61. The molecular weight excluding hydrogens is 264 g/mol. The van der Waals surface area contributed by atoms with Crippen LogP contribution in [0.1, 0.15) is 31.9 Å². The van der Waals surface area contributed by atoms with Gasteiger partial charge in [0, 0.05) is 17.5 Å². The predicted octanol–water partition coefficient (Wildman–Crippen LogP) is 4.43. The molecule has 1 aliphatic heterocycles. The fraction of sp³-hybridized carbons (Fsp3) is 0.471. The quantitative estimate of drug-likeness (QED) is 0.826. The van der Waals surface area contributed by atoms with E-state index in [-0.39, 0.29) is 0 Å². The van der Waals surface area contributed by atoms with Crippen molar-refractivity contribution in [2.45, 2.75) is 32.7 Å².